The van der Waals surface area contributed by atoms with Gasteiger partial charge in [0.25, 0.3) is 0 Å². The van der Waals surface area contributed by atoms with Crippen LogP contribution in [0.25, 0.3) is 86.6 Å². The molecular weight excluding hydrogens is 875 g/mol. The second-order valence-corrected chi connectivity index (χ2v) is 21.1. The van der Waals surface area contributed by atoms with Crippen LogP contribution in [-0.4, -0.2) is 0 Å². The van der Waals surface area contributed by atoms with E-state index in [9.17, 15) is 0 Å². The van der Waals surface area contributed by atoms with Gasteiger partial charge in [-0.05, 0) is 144 Å². The predicted octanol–water partition coefficient (Wildman–Crippen LogP) is 19.3. The minimum absolute atomic E-state index is 0.132. The van der Waals surface area contributed by atoms with Crippen molar-refractivity contribution in [3.8, 4) is 55.6 Å². The van der Waals surface area contributed by atoms with Gasteiger partial charge in [-0.25, -0.2) is 0 Å². The minimum atomic E-state index is -0.259. The van der Waals surface area contributed by atoms with Gasteiger partial charge in [-0.3, -0.25) is 0 Å². The van der Waals surface area contributed by atoms with Crippen molar-refractivity contribution in [3.63, 3.8) is 0 Å². The lowest BCUT2D eigenvalue weighted by Gasteiger charge is -2.29. The maximum absolute atomic E-state index is 2.44. The van der Waals surface area contributed by atoms with Gasteiger partial charge in [-0.2, -0.15) is 0 Å². The van der Waals surface area contributed by atoms with Crippen LogP contribution in [0.1, 0.15) is 48.6 Å². The zero-order chi connectivity index (χ0) is 47.4. The van der Waals surface area contributed by atoms with Gasteiger partial charge in [0.05, 0.1) is 0 Å². The molecule has 11 aromatic carbocycles. The number of anilines is 3. The molecule has 0 spiro atoms. The highest BCUT2D eigenvalue weighted by Crippen LogP contribution is 2.55. The lowest BCUT2D eigenvalue weighted by Crippen LogP contribution is -2.22. The van der Waals surface area contributed by atoms with E-state index in [0.29, 0.717) is 0 Å². The smallest absolute Gasteiger partial charge is 0.0467 e. The fraction of sp³-hybridized carbons (Fsp3) is 0.0725. The highest BCUT2D eigenvalue weighted by atomic mass is 32.1. The van der Waals surface area contributed by atoms with Crippen LogP contribution in [0.15, 0.2) is 243 Å². The van der Waals surface area contributed by atoms with Gasteiger partial charge in [0, 0.05) is 48.1 Å². The monoisotopic (exact) mass is 923 g/mol. The van der Waals surface area contributed by atoms with E-state index in [0.717, 1.165) is 17.1 Å². The Labute approximate surface area is 419 Å². The largest absolute Gasteiger partial charge is 0.310 e. The molecule has 1 atom stereocenters. The van der Waals surface area contributed by atoms with Gasteiger partial charge in [-0.1, -0.05) is 214 Å². The van der Waals surface area contributed by atoms with E-state index in [1.807, 2.05) is 11.3 Å². The van der Waals surface area contributed by atoms with E-state index < -0.39 is 0 Å². The number of thiophene rings is 1. The Morgan fingerprint density at radius 1 is 0.324 bits per heavy atom. The zero-order valence-corrected chi connectivity index (χ0v) is 40.8. The third-order valence-electron chi connectivity index (χ3n) is 15.9. The lowest BCUT2D eigenvalue weighted by molar-refractivity contribution is 0.662. The summed E-state index contributed by atoms with van der Waals surface area (Å²) in [4.78, 5) is 2.43. The Kier molecular flexibility index (Phi) is 9.31. The molecule has 71 heavy (non-hydrogen) atoms. The first-order chi connectivity index (χ1) is 34.8. The van der Waals surface area contributed by atoms with Crippen LogP contribution in [0.5, 0.6) is 0 Å². The summed E-state index contributed by atoms with van der Waals surface area (Å²) in [5.41, 5.74) is 22.4. The summed E-state index contributed by atoms with van der Waals surface area (Å²) in [5.74, 6) is 0. The standard InChI is InChI=1S/C69H49NS/c1-68(2)62-28-11-9-23-57(62)59-26-14-24-53(65(59)68)48-17-13-20-52(42-48)70(51-38-32-46(33-39-51)55-25-15-27-60-61-41-34-45-16-7-8-21-54(45)67(61)71-66(55)60)50-36-30-44(31-37-50)47-35-40-58-56-22-10-12-29-63(56)69(3,64(58)43-47)49-18-5-4-6-19-49/h4-43H,1-3H3. The fourth-order valence-electron chi connectivity index (χ4n) is 12.4. The second-order valence-electron chi connectivity index (χ2n) is 20.1. The molecule has 14 rings (SSSR count). The molecule has 1 aromatic heterocycles. The van der Waals surface area contributed by atoms with Crippen LogP contribution < -0.4 is 4.90 Å². The molecule has 12 aromatic rings. The predicted molar refractivity (Wildman–Crippen MR) is 303 cm³/mol. The molecule has 0 fully saturated rings. The average Bonchev–Trinajstić information content (AvgIpc) is 4.03. The van der Waals surface area contributed by atoms with Crippen molar-refractivity contribution in [2.75, 3.05) is 4.90 Å². The highest BCUT2D eigenvalue weighted by molar-refractivity contribution is 7.27. The van der Waals surface area contributed by atoms with Crippen molar-refractivity contribution in [2.24, 2.45) is 0 Å². The van der Waals surface area contributed by atoms with Crippen LogP contribution in [0.3, 0.4) is 0 Å². The molecule has 1 unspecified atom stereocenters. The van der Waals surface area contributed by atoms with Gasteiger partial charge in [0.15, 0.2) is 0 Å². The summed E-state index contributed by atoms with van der Waals surface area (Å²) >= 11 is 1.91. The van der Waals surface area contributed by atoms with Crippen molar-refractivity contribution in [2.45, 2.75) is 31.6 Å². The van der Waals surface area contributed by atoms with Crippen LogP contribution in [0.2, 0.25) is 0 Å². The second kappa shape index (κ2) is 15.9. The molecule has 2 aliphatic carbocycles. The van der Waals surface area contributed by atoms with E-state index in [2.05, 4.69) is 268 Å². The van der Waals surface area contributed by atoms with Gasteiger partial charge >= 0.3 is 0 Å². The molecule has 0 amide bonds. The molecule has 0 N–H and O–H groups in total. The lowest BCUT2D eigenvalue weighted by atomic mass is 9.74. The molecule has 0 bridgehead atoms. The quantitative estimate of drug-likeness (QED) is 0.154. The zero-order valence-electron chi connectivity index (χ0n) is 39.9. The molecule has 1 nitrogen and oxygen atoms in total. The summed E-state index contributed by atoms with van der Waals surface area (Å²) < 4.78 is 2.68. The van der Waals surface area contributed by atoms with Crippen molar-refractivity contribution >= 4 is 59.3 Å². The van der Waals surface area contributed by atoms with Crippen LogP contribution in [0, 0.1) is 0 Å². The maximum atomic E-state index is 2.44. The maximum Gasteiger partial charge on any atom is 0.0467 e. The number of benzene rings is 11. The molecule has 2 aliphatic rings. The number of hydrogen-bond donors (Lipinski definition) is 0. The first-order valence-corrected chi connectivity index (χ1v) is 25.6. The molecule has 336 valence electrons. The Morgan fingerprint density at radius 2 is 0.901 bits per heavy atom. The number of hydrogen-bond acceptors (Lipinski definition) is 2. The van der Waals surface area contributed by atoms with E-state index in [-0.39, 0.29) is 10.8 Å². The van der Waals surface area contributed by atoms with Crippen molar-refractivity contribution in [3.05, 3.63) is 270 Å². The minimum Gasteiger partial charge on any atom is -0.310 e. The van der Waals surface area contributed by atoms with E-state index >= 15 is 0 Å². The highest BCUT2D eigenvalue weighted by Gasteiger charge is 2.41. The summed E-state index contributed by atoms with van der Waals surface area (Å²) in [6, 6.07) is 90.5. The van der Waals surface area contributed by atoms with E-state index in [1.165, 1.54) is 114 Å². The van der Waals surface area contributed by atoms with E-state index in [1.54, 1.807) is 0 Å². The molecule has 1 heterocycles. The summed E-state index contributed by atoms with van der Waals surface area (Å²) in [6.07, 6.45) is 0. The molecule has 0 radical (unpaired) electrons. The molecule has 0 aliphatic heterocycles. The van der Waals surface area contributed by atoms with Gasteiger partial charge in [0.1, 0.15) is 0 Å². The van der Waals surface area contributed by atoms with Crippen LogP contribution >= 0.6 is 11.3 Å². The summed E-state index contributed by atoms with van der Waals surface area (Å²) in [7, 11) is 0. The summed E-state index contributed by atoms with van der Waals surface area (Å²) in [5, 5.41) is 5.23. The molecule has 0 saturated carbocycles. The number of fused-ring (bicyclic) bond motifs is 11. The normalized spacial score (nSPS) is 15.1. The number of rotatable bonds is 7. The topological polar surface area (TPSA) is 3.24 Å². The van der Waals surface area contributed by atoms with Crippen molar-refractivity contribution < 1.29 is 0 Å². The third-order valence-corrected chi connectivity index (χ3v) is 17.2. The van der Waals surface area contributed by atoms with Gasteiger partial charge in [0.2, 0.25) is 0 Å². The molecular formula is C69H49NS. The van der Waals surface area contributed by atoms with Crippen LogP contribution in [-0.2, 0) is 10.8 Å². The van der Waals surface area contributed by atoms with Crippen molar-refractivity contribution in [1.82, 2.24) is 0 Å². The number of nitrogens with zero attached hydrogens (tertiary/aromatic N) is 1. The first-order valence-electron chi connectivity index (χ1n) is 24.8. The van der Waals surface area contributed by atoms with Gasteiger partial charge in [-0.15, -0.1) is 11.3 Å². The Morgan fingerprint density at radius 3 is 1.70 bits per heavy atom. The molecule has 0 saturated heterocycles. The Balaban J connectivity index is 0.883. The van der Waals surface area contributed by atoms with Crippen LogP contribution in [0.4, 0.5) is 17.1 Å². The van der Waals surface area contributed by atoms with Gasteiger partial charge < -0.3 is 4.90 Å². The first kappa shape index (κ1) is 41.7. The van der Waals surface area contributed by atoms with E-state index in [4.69, 9.17) is 0 Å². The third kappa shape index (κ3) is 6.31. The summed E-state index contributed by atoms with van der Waals surface area (Å²) in [6.45, 7) is 7.15. The Bertz CT molecular complexity index is 4080. The molecule has 2 heteroatoms. The fourth-order valence-corrected chi connectivity index (χ4v) is 13.8. The average molecular weight is 924 g/mol. The SMILES string of the molecule is CC1(C)c2ccccc2-c2cccc(-c3cccc(N(c4ccc(-c5ccc6c(c5)C(C)(c5ccccc5)c5ccccc5-6)cc4)c4ccc(-c5cccc6c5sc5c7ccccc7ccc65)cc4)c3)c21. The van der Waals surface area contributed by atoms with Crippen molar-refractivity contribution in [1.29, 1.82) is 0 Å². The Hall–Kier alpha value is -8.30.